The largest absolute Gasteiger partial charge is 0.444 e. The summed E-state index contributed by atoms with van der Waals surface area (Å²) in [6.45, 7) is 8.73. The number of alkyl carbamates (subject to hydrolysis) is 1. The summed E-state index contributed by atoms with van der Waals surface area (Å²) >= 11 is 0. The van der Waals surface area contributed by atoms with E-state index in [1.54, 1.807) is 0 Å². The number of rotatable bonds is 3. The van der Waals surface area contributed by atoms with E-state index < -0.39 is 5.60 Å². The molecule has 0 aliphatic carbocycles. The fraction of sp³-hybridized carbons (Fsp3) is 0.917. The Morgan fingerprint density at radius 1 is 1.59 bits per heavy atom. The second kappa shape index (κ2) is 5.69. The van der Waals surface area contributed by atoms with Gasteiger partial charge in [-0.3, -0.25) is 0 Å². The Bertz CT molecular complexity index is 261. The molecule has 0 aromatic heterocycles. The highest BCUT2D eigenvalue weighted by Crippen LogP contribution is 2.22. The number of nitrogens with two attached hydrogens (primary N) is 1. The van der Waals surface area contributed by atoms with Gasteiger partial charge in [0.2, 0.25) is 0 Å². The van der Waals surface area contributed by atoms with Crippen LogP contribution >= 0.6 is 0 Å². The molecule has 0 aromatic rings. The summed E-state index contributed by atoms with van der Waals surface area (Å²) in [6.07, 6.45) is 0.583. The quantitative estimate of drug-likeness (QED) is 0.784. The van der Waals surface area contributed by atoms with Gasteiger partial charge in [0.1, 0.15) is 5.60 Å². The summed E-state index contributed by atoms with van der Waals surface area (Å²) in [5, 5.41) is 2.77. The van der Waals surface area contributed by atoms with E-state index in [0.29, 0.717) is 13.2 Å². The first-order chi connectivity index (χ1) is 7.79. The minimum atomic E-state index is -0.461. The van der Waals surface area contributed by atoms with Crippen molar-refractivity contribution >= 4 is 6.09 Å². The molecule has 1 amide bonds. The van der Waals surface area contributed by atoms with E-state index >= 15 is 0 Å². The number of ether oxygens (including phenoxy) is 2. The lowest BCUT2D eigenvalue weighted by molar-refractivity contribution is 0.0481. The molecule has 1 saturated heterocycles. The van der Waals surface area contributed by atoms with Gasteiger partial charge >= 0.3 is 6.09 Å². The highest BCUT2D eigenvalue weighted by atomic mass is 16.6. The van der Waals surface area contributed by atoms with Crippen LogP contribution in [0.15, 0.2) is 0 Å². The molecular formula is C12H24N2O3. The molecule has 3 N–H and O–H groups in total. The fourth-order valence-electron chi connectivity index (χ4n) is 1.98. The van der Waals surface area contributed by atoms with Crippen molar-refractivity contribution < 1.29 is 14.3 Å². The van der Waals surface area contributed by atoms with E-state index in [1.807, 2.05) is 27.7 Å². The molecule has 1 heterocycles. The molecule has 100 valence electrons. The fourth-order valence-corrected chi connectivity index (χ4v) is 1.98. The number of carbonyl (C=O) groups excluding carboxylic acids is 1. The molecule has 0 bridgehead atoms. The number of hydrogen-bond donors (Lipinski definition) is 2. The molecule has 1 unspecified atom stereocenters. The zero-order chi connectivity index (χ0) is 13.1. The van der Waals surface area contributed by atoms with Crippen molar-refractivity contribution in [1.82, 2.24) is 5.32 Å². The summed E-state index contributed by atoms with van der Waals surface area (Å²) in [4.78, 5) is 11.5. The van der Waals surface area contributed by atoms with Gasteiger partial charge in [-0.05, 0) is 34.1 Å². The third kappa shape index (κ3) is 4.91. The Morgan fingerprint density at radius 2 is 2.24 bits per heavy atom. The van der Waals surface area contributed by atoms with Crippen LogP contribution in [0.25, 0.3) is 0 Å². The predicted octanol–water partition coefficient (Wildman–Crippen LogP) is 1.26. The second-order valence-corrected chi connectivity index (χ2v) is 5.63. The predicted molar refractivity (Wildman–Crippen MR) is 65.7 cm³/mol. The van der Waals surface area contributed by atoms with Crippen molar-refractivity contribution in [2.24, 2.45) is 11.7 Å². The van der Waals surface area contributed by atoms with Gasteiger partial charge in [0.05, 0.1) is 6.10 Å². The number of amides is 1. The highest BCUT2D eigenvalue weighted by Gasteiger charge is 2.31. The Labute approximate surface area is 103 Å². The molecule has 17 heavy (non-hydrogen) atoms. The van der Waals surface area contributed by atoms with E-state index in [9.17, 15) is 4.79 Å². The Hall–Kier alpha value is -0.810. The van der Waals surface area contributed by atoms with Crippen LogP contribution in [0.2, 0.25) is 0 Å². The van der Waals surface area contributed by atoms with Crippen LogP contribution in [-0.2, 0) is 9.47 Å². The Kier molecular flexibility index (Phi) is 4.77. The van der Waals surface area contributed by atoms with Gasteiger partial charge < -0.3 is 20.5 Å². The zero-order valence-corrected chi connectivity index (χ0v) is 11.2. The molecule has 5 nitrogen and oxygen atoms in total. The monoisotopic (exact) mass is 244 g/mol. The minimum absolute atomic E-state index is 0.0112. The minimum Gasteiger partial charge on any atom is -0.444 e. The van der Waals surface area contributed by atoms with Gasteiger partial charge in [0.15, 0.2) is 0 Å². The van der Waals surface area contributed by atoms with Crippen LogP contribution < -0.4 is 11.1 Å². The van der Waals surface area contributed by atoms with E-state index in [-0.39, 0.29) is 24.2 Å². The topological polar surface area (TPSA) is 73.6 Å². The summed E-state index contributed by atoms with van der Waals surface area (Å²) in [5.74, 6) is 0.280. The van der Waals surface area contributed by atoms with Crippen molar-refractivity contribution in [3.8, 4) is 0 Å². The lowest BCUT2D eigenvalue weighted by Gasteiger charge is -2.24. The summed E-state index contributed by atoms with van der Waals surface area (Å²) in [6, 6.07) is -0.0112. The van der Waals surface area contributed by atoms with Gasteiger partial charge in [0.25, 0.3) is 0 Å². The van der Waals surface area contributed by atoms with Crippen LogP contribution in [0.5, 0.6) is 0 Å². The molecule has 1 rings (SSSR count). The Balaban J connectivity index is 2.33. The zero-order valence-electron chi connectivity index (χ0n) is 11.2. The summed E-state index contributed by atoms with van der Waals surface area (Å²) < 4.78 is 10.7. The average Bonchev–Trinajstić information content (AvgIpc) is 2.59. The lowest BCUT2D eigenvalue weighted by Crippen LogP contribution is -2.42. The van der Waals surface area contributed by atoms with Crippen molar-refractivity contribution in [3.05, 3.63) is 0 Å². The molecule has 5 heteroatoms. The molecule has 0 saturated carbocycles. The van der Waals surface area contributed by atoms with Crippen LogP contribution in [0.4, 0.5) is 4.79 Å². The lowest BCUT2D eigenvalue weighted by atomic mass is 9.97. The molecule has 0 spiro atoms. The van der Waals surface area contributed by atoms with Crippen LogP contribution in [0, 0.1) is 5.92 Å². The van der Waals surface area contributed by atoms with Gasteiger partial charge in [-0.15, -0.1) is 0 Å². The summed E-state index contributed by atoms with van der Waals surface area (Å²) in [7, 11) is 0. The van der Waals surface area contributed by atoms with Crippen LogP contribution in [0.3, 0.4) is 0 Å². The van der Waals surface area contributed by atoms with Crippen LogP contribution in [-0.4, -0.2) is 37.0 Å². The molecule has 0 aromatic carbocycles. The third-order valence-corrected chi connectivity index (χ3v) is 2.69. The average molecular weight is 244 g/mol. The standard InChI is InChI=1S/C12H24N2O3/c1-8(13)10-9(5-6-16-10)7-14-11(15)17-12(2,3)4/h8-10H,5-7,13H2,1-4H3,(H,14,15)/t8-,9-,10?/m0/s1. The maximum atomic E-state index is 11.5. The third-order valence-electron chi connectivity index (χ3n) is 2.69. The van der Waals surface area contributed by atoms with Crippen molar-refractivity contribution in [3.63, 3.8) is 0 Å². The first kappa shape index (κ1) is 14.3. The first-order valence-corrected chi connectivity index (χ1v) is 6.13. The molecular weight excluding hydrogens is 220 g/mol. The molecule has 1 aliphatic heterocycles. The smallest absolute Gasteiger partial charge is 0.407 e. The van der Waals surface area contributed by atoms with Gasteiger partial charge in [0, 0.05) is 25.1 Å². The van der Waals surface area contributed by atoms with Gasteiger partial charge in [-0.25, -0.2) is 4.79 Å². The van der Waals surface area contributed by atoms with E-state index in [2.05, 4.69) is 5.32 Å². The molecule has 1 aliphatic rings. The van der Waals surface area contributed by atoms with Crippen molar-refractivity contribution in [1.29, 1.82) is 0 Å². The van der Waals surface area contributed by atoms with E-state index in [1.165, 1.54) is 0 Å². The SMILES string of the molecule is C[C@H](N)C1OCC[C@H]1CNC(=O)OC(C)(C)C. The maximum absolute atomic E-state index is 11.5. The highest BCUT2D eigenvalue weighted by molar-refractivity contribution is 5.67. The van der Waals surface area contributed by atoms with Crippen molar-refractivity contribution in [2.75, 3.05) is 13.2 Å². The van der Waals surface area contributed by atoms with Crippen LogP contribution in [0.1, 0.15) is 34.1 Å². The van der Waals surface area contributed by atoms with Gasteiger partial charge in [-0.2, -0.15) is 0 Å². The molecule has 1 fully saturated rings. The number of hydrogen-bond acceptors (Lipinski definition) is 4. The molecule has 3 atom stereocenters. The second-order valence-electron chi connectivity index (χ2n) is 5.63. The molecule has 0 radical (unpaired) electrons. The Morgan fingerprint density at radius 3 is 2.76 bits per heavy atom. The normalized spacial score (nSPS) is 26.6. The van der Waals surface area contributed by atoms with E-state index in [0.717, 1.165) is 6.42 Å². The number of carbonyl (C=O) groups is 1. The van der Waals surface area contributed by atoms with E-state index in [4.69, 9.17) is 15.2 Å². The maximum Gasteiger partial charge on any atom is 0.407 e. The number of nitrogens with one attached hydrogen (secondary N) is 1. The van der Waals surface area contributed by atoms with Gasteiger partial charge in [-0.1, -0.05) is 0 Å². The summed E-state index contributed by atoms with van der Waals surface area (Å²) in [5.41, 5.74) is 5.37. The first-order valence-electron chi connectivity index (χ1n) is 6.13. The van der Waals surface area contributed by atoms with Crippen molar-refractivity contribution in [2.45, 2.75) is 51.9 Å².